The van der Waals surface area contributed by atoms with Crippen molar-refractivity contribution in [1.82, 2.24) is 5.32 Å². The Kier molecular flexibility index (Phi) is 3.70. The van der Waals surface area contributed by atoms with Crippen molar-refractivity contribution in [3.05, 3.63) is 35.4 Å². The molecule has 0 amide bonds. The molecule has 1 aliphatic rings. The molecule has 0 heterocycles. The number of nitrogens with zero attached hydrogens (tertiary/aromatic N) is 1. The number of rotatable bonds is 3. The van der Waals surface area contributed by atoms with Crippen LogP contribution >= 0.6 is 0 Å². The van der Waals surface area contributed by atoms with Gasteiger partial charge in [0.15, 0.2) is 0 Å². The molecule has 1 aromatic rings. The fraction of sp³-hybridized carbons (Fsp3) is 0.462. The largest absolute Gasteiger partial charge is 0.295 e. The summed E-state index contributed by atoms with van der Waals surface area (Å²) in [5, 5.41) is 12.1. The highest BCUT2D eigenvalue weighted by Crippen LogP contribution is 2.24. The summed E-state index contributed by atoms with van der Waals surface area (Å²) >= 11 is 0. The lowest BCUT2D eigenvalue weighted by molar-refractivity contribution is 0.458. The summed E-state index contributed by atoms with van der Waals surface area (Å²) in [7, 11) is 0. The molecule has 0 spiro atoms. The number of hydrogen-bond donors (Lipinski definition) is 1. The summed E-state index contributed by atoms with van der Waals surface area (Å²) in [5.41, 5.74) is -0.165. The molecular formula is C13H14F2N2. The second-order valence-electron chi connectivity index (χ2n) is 4.35. The fourth-order valence-corrected chi connectivity index (χ4v) is 2.30. The minimum Gasteiger partial charge on any atom is -0.295 e. The molecule has 0 aromatic heterocycles. The Hall–Kier alpha value is -1.47. The van der Waals surface area contributed by atoms with Gasteiger partial charge in [0.05, 0.1) is 11.6 Å². The Labute approximate surface area is 99.3 Å². The van der Waals surface area contributed by atoms with Gasteiger partial charge in [-0.3, -0.25) is 5.32 Å². The number of hydrogen-bond acceptors (Lipinski definition) is 2. The van der Waals surface area contributed by atoms with Crippen molar-refractivity contribution in [2.75, 3.05) is 0 Å². The predicted octanol–water partition coefficient (Wildman–Crippen LogP) is 3.06. The summed E-state index contributed by atoms with van der Waals surface area (Å²) in [6.07, 6.45) is 4.15. The molecular weight excluding hydrogens is 222 g/mol. The summed E-state index contributed by atoms with van der Waals surface area (Å²) in [4.78, 5) is 0. The maximum Gasteiger partial charge on any atom is 0.131 e. The zero-order valence-corrected chi connectivity index (χ0v) is 9.42. The number of halogens is 2. The topological polar surface area (TPSA) is 35.8 Å². The molecule has 17 heavy (non-hydrogen) atoms. The zero-order valence-electron chi connectivity index (χ0n) is 9.42. The van der Waals surface area contributed by atoms with Gasteiger partial charge >= 0.3 is 0 Å². The van der Waals surface area contributed by atoms with E-state index >= 15 is 0 Å². The SMILES string of the molecule is N#CC(NC1CCCC1)c1c(F)cccc1F. The van der Waals surface area contributed by atoms with Crippen LogP contribution in [0.4, 0.5) is 8.78 Å². The Bertz CT molecular complexity index is 413. The Balaban J connectivity index is 2.20. The second kappa shape index (κ2) is 5.24. The molecule has 1 N–H and O–H groups in total. The van der Waals surface area contributed by atoms with Gasteiger partial charge in [-0.1, -0.05) is 18.9 Å². The van der Waals surface area contributed by atoms with Crippen LogP contribution in [0.2, 0.25) is 0 Å². The molecule has 90 valence electrons. The van der Waals surface area contributed by atoms with Crippen LogP contribution in [0.5, 0.6) is 0 Å². The molecule has 0 radical (unpaired) electrons. The molecule has 2 rings (SSSR count). The number of nitriles is 1. The quantitative estimate of drug-likeness (QED) is 0.875. The van der Waals surface area contributed by atoms with E-state index < -0.39 is 17.7 Å². The van der Waals surface area contributed by atoms with Crippen LogP contribution in [0.15, 0.2) is 18.2 Å². The van der Waals surface area contributed by atoms with E-state index in [2.05, 4.69) is 5.32 Å². The molecule has 1 aromatic carbocycles. The highest BCUT2D eigenvalue weighted by Gasteiger charge is 2.24. The van der Waals surface area contributed by atoms with E-state index in [4.69, 9.17) is 5.26 Å². The molecule has 0 saturated heterocycles. The average molecular weight is 236 g/mol. The molecule has 4 heteroatoms. The van der Waals surface area contributed by atoms with Gasteiger partial charge in [0, 0.05) is 6.04 Å². The van der Waals surface area contributed by atoms with Gasteiger partial charge in [0.1, 0.15) is 17.7 Å². The van der Waals surface area contributed by atoms with Gasteiger partial charge in [-0.05, 0) is 25.0 Å². The second-order valence-corrected chi connectivity index (χ2v) is 4.35. The van der Waals surface area contributed by atoms with Crippen molar-refractivity contribution in [1.29, 1.82) is 5.26 Å². The first kappa shape index (κ1) is 12.0. The predicted molar refractivity (Wildman–Crippen MR) is 60.1 cm³/mol. The fourth-order valence-electron chi connectivity index (χ4n) is 2.30. The lowest BCUT2D eigenvalue weighted by Crippen LogP contribution is -2.31. The van der Waals surface area contributed by atoms with E-state index in [-0.39, 0.29) is 11.6 Å². The van der Waals surface area contributed by atoms with Crippen LogP contribution in [-0.4, -0.2) is 6.04 Å². The highest BCUT2D eigenvalue weighted by atomic mass is 19.1. The molecule has 1 saturated carbocycles. The molecule has 1 unspecified atom stereocenters. The Morgan fingerprint density at radius 1 is 1.24 bits per heavy atom. The first-order valence-electron chi connectivity index (χ1n) is 5.82. The van der Waals surface area contributed by atoms with Gasteiger partial charge in [-0.2, -0.15) is 5.26 Å². The number of benzene rings is 1. The average Bonchev–Trinajstić information content (AvgIpc) is 2.80. The molecule has 0 bridgehead atoms. The summed E-state index contributed by atoms with van der Waals surface area (Å²) in [5.74, 6) is -1.33. The summed E-state index contributed by atoms with van der Waals surface area (Å²) < 4.78 is 27.1. The van der Waals surface area contributed by atoms with Crippen molar-refractivity contribution in [3.63, 3.8) is 0 Å². The molecule has 0 aliphatic heterocycles. The van der Waals surface area contributed by atoms with Gasteiger partial charge < -0.3 is 0 Å². The maximum atomic E-state index is 13.5. The van der Waals surface area contributed by atoms with Crippen LogP contribution in [0, 0.1) is 23.0 Å². The third-order valence-corrected chi connectivity index (χ3v) is 3.18. The van der Waals surface area contributed by atoms with Crippen LogP contribution in [-0.2, 0) is 0 Å². The van der Waals surface area contributed by atoms with E-state index in [1.165, 1.54) is 18.2 Å². The van der Waals surface area contributed by atoms with Crippen molar-refractivity contribution in [2.45, 2.75) is 37.8 Å². The lowest BCUT2D eigenvalue weighted by Gasteiger charge is -2.18. The van der Waals surface area contributed by atoms with E-state index in [9.17, 15) is 8.78 Å². The number of nitrogens with one attached hydrogen (secondary N) is 1. The van der Waals surface area contributed by atoms with Gasteiger partial charge in [-0.25, -0.2) is 8.78 Å². The molecule has 1 aliphatic carbocycles. The summed E-state index contributed by atoms with van der Waals surface area (Å²) in [6.45, 7) is 0. The maximum absolute atomic E-state index is 13.5. The van der Waals surface area contributed by atoms with Crippen LogP contribution in [0.25, 0.3) is 0 Å². The zero-order chi connectivity index (χ0) is 12.3. The molecule has 1 fully saturated rings. The van der Waals surface area contributed by atoms with Crippen LogP contribution in [0.3, 0.4) is 0 Å². The van der Waals surface area contributed by atoms with E-state index in [1.807, 2.05) is 6.07 Å². The Morgan fingerprint density at radius 2 is 1.82 bits per heavy atom. The normalized spacial score (nSPS) is 17.9. The lowest BCUT2D eigenvalue weighted by atomic mass is 10.1. The third kappa shape index (κ3) is 2.62. The van der Waals surface area contributed by atoms with Crippen molar-refractivity contribution >= 4 is 0 Å². The monoisotopic (exact) mass is 236 g/mol. The molecule has 1 atom stereocenters. The van der Waals surface area contributed by atoms with E-state index in [0.717, 1.165) is 25.7 Å². The minimum atomic E-state index is -0.903. The first-order chi connectivity index (χ1) is 8.22. The minimum absolute atomic E-state index is 0.165. The van der Waals surface area contributed by atoms with Crippen molar-refractivity contribution < 1.29 is 8.78 Å². The Morgan fingerprint density at radius 3 is 2.35 bits per heavy atom. The van der Waals surface area contributed by atoms with Crippen molar-refractivity contribution in [3.8, 4) is 6.07 Å². The molecule has 2 nitrogen and oxygen atoms in total. The summed E-state index contributed by atoms with van der Waals surface area (Å²) in [6, 6.07) is 4.89. The van der Waals surface area contributed by atoms with Gasteiger partial charge in [0.2, 0.25) is 0 Å². The van der Waals surface area contributed by atoms with Gasteiger partial charge in [0.25, 0.3) is 0 Å². The standard InChI is InChI=1S/C13H14F2N2/c14-10-6-3-7-11(15)13(10)12(8-16)17-9-4-1-2-5-9/h3,6-7,9,12,17H,1-2,4-5H2. The van der Waals surface area contributed by atoms with Gasteiger partial charge in [-0.15, -0.1) is 0 Å². The van der Waals surface area contributed by atoms with E-state index in [0.29, 0.717) is 0 Å². The van der Waals surface area contributed by atoms with E-state index in [1.54, 1.807) is 0 Å². The van der Waals surface area contributed by atoms with Crippen LogP contribution in [0.1, 0.15) is 37.3 Å². The first-order valence-corrected chi connectivity index (χ1v) is 5.82. The highest BCUT2D eigenvalue weighted by molar-refractivity contribution is 5.27. The smallest absolute Gasteiger partial charge is 0.131 e. The third-order valence-electron chi connectivity index (χ3n) is 3.18. The van der Waals surface area contributed by atoms with Crippen molar-refractivity contribution in [2.24, 2.45) is 0 Å². The van der Waals surface area contributed by atoms with Crippen LogP contribution < -0.4 is 5.32 Å².